The average molecular weight is 475 g/mol. The highest BCUT2D eigenvalue weighted by Crippen LogP contribution is 2.42. The van der Waals surface area contributed by atoms with E-state index in [1.807, 2.05) is 60.7 Å². The Morgan fingerprint density at radius 1 is 1.00 bits per heavy atom. The van der Waals surface area contributed by atoms with Crippen LogP contribution >= 0.6 is 11.6 Å². The molecule has 0 saturated carbocycles. The van der Waals surface area contributed by atoms with Crippen molar-refractivity contribution in [1.82, 2.24) is 10.1 Å². The lowest BCUT2D eigenvalue weighted by atomic mass is 9.96. The van der Waals surface area contributed by atoms with Crippen LogP contribution in [0.15, 0.2) is 77.3 Å². The minimum atomic E-state index is 0.195. The van der Waals surface area contributed by atoms with Gasteiger partial charge >= 0.3 is 0 Å². The predicted octanol–water partition coefficient (Wildman–Crippen LogP) is 6.75. The minimum absolute atomic E-state index is 0.195. The molecule has 34 heavy (non-hydrogen) atoms. The standard InChI is InChI=1S/C28H27ClN2O3/c1-18(2)15-31-16-23(17-31)33-22-13-9-19(10-14-22)26-27(24-5-3-4-6-25(24)29)30-34-28(26)20-7-11-21(32)12-8-20/h3-14,18,23,32H,15-17H2,1-2H3. The topological polar surface area (TPSA) is 58.7 Å². The molecule has 0 amide bonds. The summed E-state index contributed by atoms with van der Waals surface area (Å²) in [6.07, 6.45) is 0.228. The van der Waals surface area contributed by atoms with E-state index in [0.29, 0.717) is 22.4 Å². The number of phenols is 1. The number of aromatic hydroxyl groups is 1. The van der Waals surface area contributed by atoms with Gasteiger partial charge in [-0.3, -0.25) is 4.90 Å². The second kappa shape index (κ2) is 9.53. The molecule has 2 heterocycles. The van der Waals surface area contributed by atoms with E-state index in [2.05, 4.69) is 23.9 Å². The number of benzene rings is 3. The Morgan fingerprint density at radius 3 is 2.35 bits per heavy atom. The number of likely N-dealkylation sites (tertiary alicyclic amines) is 1. The molecule has 1 fully saturated rings. The summed E-state index contributed by atoms with van der Waals surface area (Å²) >= 11 is 6.50. The molecule has 0 radical (unpaired) electrons. The highest BCUT2D eigenvalue weighted by Gasteiger charge is 2.28. The maximum atomic E-state index is 9.72. The SMILES string of the molecule is CC(C)CN1CC(Oc2ccc(-c3c(-c4ccccc4Cl)noc3-c3ccc(O)cc3)cc2)C1. The molecule has 1 aliphatic heterocycles. The maximum absolute atomic E-state index is 9.72. The summed E-state index contributed by atoms with van der Waals surface area (Å²) in [6, 6.07) is 22.5. The van der Waals surface area contributed by atoms with E-state index in [0.717, 1.165) is 47.6 Å². The van der Waals surface area contributed by atoms with Crippen molar-refractivity contribution in [3.63, 3.8) is 0 Å². The normalized spacial score (nSPS) is 14.4. The summed E-state index contributed by atoms with van der Waals surface area (Å²) in [7, 11) is 0. The Kier molecular flexibility index (Phi) is 6.31. The molecule has 0 atom stereocenters. The van der Waals surface area contributed by atoms with E-state index < -0.39 is 0 Å². The summed E-state index contributed by atoms with van der Waals surface area (Å²) in [4.78, 5) is 2.42. The summed E-state index contributed by atoms with van der Waals surface area (Å²) in [5.74, 6) is 2.33. The van der Waals surface area contributed by atoms with Crippen LogP contribution in [-0.4, -0.2) is 40.9 Å². The zero-order valence-electron chi connectivity index (χ0n) is 19.2. The number of halogens is 1. The Labute approximate surface area is 204 Å². The Hall–Kier alpha value is -3.28. The lowest BCUT2D eigenvalue weighted by Gasteiger charge is -2.39. The smallest absolute Gasteiger partial charge is 0.175 e. The van der Waals surface area contributed by atoms with Gasteiger partial charge in [0.1, 0.15) is 23.3 Å². The number of aromatic nitrogens is 1. The molecule has 6 heteroatoms. The van der Waals surface area contributed by atoms with Gasteiger partial charge in [0.05, 0.1) is 10.6 Å². The van der Waals surface area contributed by atoms with Gasteiger partial charge in [-0.05, 0) is 53.9 Å². The molecule has 0 bridgehead atoms. The number of hydrogen-bond acceptors (Lipinski definition) is 5. The van der Waals surface area contributed by atoms with E-state index in [-0.39, 0.29) is 11.9 Å². The van der Waals surface area contributed by atoms with Gasteiger partial charge in [-0.15, -0.1) is 0 Å². The molecule has 1 saturated heterocycles. The molecule has 174 valence electrons. The molecule has 0 spiro atoms. The number of nitrogens with zero attached hydrogens (tertiary/aromatic N) is 2. The molecular formula is C28H27ClN2O3. The van der Waals surface area contributed by atoms with Crippen LogP contribution in [0, 0.1) is 5.92 Å². The first-order chi connectivity index (χ1) is 16.5. The first-order valence-corrected chi connectivity index (χ1v) is 11.9. The molecule has 5 nitrogen and oxygen atoms in total. The van der Waals surface area contributed by atoms with Gasteiger partial charge < -0.3 is 14.4 Å². The van der Waals surface area contributed by atoms with Gasteiger partial charge in [-0.1, -0.05) is 60.9 Å². The van der Waals surface area contributed by atoms with Crippen molar-refractivity contribution in [3.05, 3.63) is 77.8 Å². The molecule has 1 aromatic heterocycles. The van der Waals surface area contributed by atoms with Crippen LogP contribution < -0.4 is 4.74 Å². The fourth-order valence-corrected chi connectivity index (χ4v) is 4.59. The first-order valence-electron chi connectivity index (χ1n) is 11.5. The number of phenolic OH excluding ortho intramolecular Hbond substituents is 1. The molecule has 5 rings (SSSR count). The quantitative estimate of drug-likeness (QED) is 0.321. The second-order valence-electron chi connectivity index (χ2n) is 9.14. The van der Waals surface area contributed by atoms with Gasteiger partial charge in [0, 0.05) is 30.8 Å². The maximum Gasteiger partial charge on any atom is 0.175 e. The fraction of sp³-hybridized carbons (Fsp3) is 0.250. The van der Waals surface area contributed by atoms with Crippen molar-refractivity contribution in [2.24, 2.45) is 5.92 Å². The number of rotatable bonds is 7. The van der Waals surface area contributed by atoms with Crippen molar-refractivity contribution in [1.29, 1.82) is 0 Å². The lowest BCUT2D eigenvalue weighted by Crippen LogP contribution is -2.54. The van der Waals surface area contributed by atoms with Crippen LogP contribution in [0.1, 0.15) is 13.8 Å². The molecule has 0 aliphatic carbocycles. The van der Waals surface area contributed by atoms with E-state index in [4.69, 9.17) is 20.9 Å². The second-order valence-corrected chi connectivity index (χ2v) is 9.55. The van der Waals surface area contributed by atoms with E-state index >= 15 is 0 Å². The van der Waals surface area contributed by atoms with E-state index in [1.54, 1.807) is 12.1 Å². The van der Waals surface area contributed by atoms with Crippen LogP contribution in [-0.2, 0) is 0 Å². The lowest BCUT2D eigenvalue weighted by molar-refractivity contribution is 0.0131. The Balaban J connectivity index is 1.45. The minimum Gasteiger partial charge on any atom is -0.508 e. The largest absolute Gasteiger partial charge is 0.508 e. The number of ether oxygens (including phenoxy) is 1. The van der Waals surface area contributed by atoms with Gasteiger partial charge in [0.25, 0.3) is 0 Å². The van der Waals surface area contributed by atoms with Gasteiger partial charge in [-0.2, -0.15) is 0 Å². The van der Waals surface area contributed by atoms with Crippen LogP contribution in [0.4, 0.5) is 0 Å². The third-order valence-corrected chi connectivity index (χ3v) is 6.27. The highest BCUT2D eigenvalue weighted by atomic mass is 35.5. The third kappa shape index (κ3) is 4.67. The molecule has 3 aromatic carbocycles. The molecular weight excluding hydrogens is 448 g/mol. The van der Waals surface area contributed by atoms with Crippen molar-refractivity contribution in [2.45, 2.75) is 20.0 Å². The summed E-state index contributed by atoms with van der Waals surface area (Å²) in [6.45, 7) is 7.51. The molecule has 1 N–H and O–H groups in total. The van der Waals surface area contributed by atoms with Crippen LogP contribution in [0.25, 0.3) is 33.7 Å². The van der Waals surface area contributed by atoms with Gasteiger partial charge in [-0.25, -0.2) is 0 Å². The van der Waals surface area contributed by atoms with Crippen molar-refractivity contribution in [3.8, 4) is 45.2 Å². The molecule has 0 unspecified atom stereocenters. The average Bonchev–Trinajstić information content (AvgIpc) is 3.23. The van der Waals surface area contributed by atoms with Crippen LogP contribution in [0.3, 0.4) is 0 Å². The number of hydrogen-bond donors (Lipinski definition) is 1. The summed E-state index contributed by atoms with van der Waals surface area (Å²) < 4.78 is 12.0. The first kappa shape index (κ1) is 22.5. The zero-order chi connectivity index (χ0) is 23.7. The summed E-state index contributed by atoms with van der Waals surface area (Å²) in [5, 5.41) is 14.7. The van der Waals surface area contributed by atoms with Gasteiger partial charge in [0.2, 0.25) is 0 Å². The summed E-state index contributed by atoms with van der Waals surface area (Å²) in [5.41, 5.74) is 4.08. The Bertz CT molecular complexity index is 1260. The Morgan fingerprint density at radius 2 is 1.68 bits per heavy atom. The van der Waals surface area contributed by atoms with Crippen molar-refractivity contribution >= 4 is 11.6 Å². The molecule has 1 aliphatic rings. The van der Waals surface area contributed by atoms with Gasteiger partial charge in [0.15, 0.2) is 5.76 Å². The van der Waals surface area contributed by atoms with Crippen LogP contribution in [0.2, 0.25) is 5.02 Å². The fourth-order valence-electron chi connectivity index (χ4n) is 4.36. The predicted molar refractivity (Wildman–Crippen MR) is 135 cm³/mol. The van der Waals surface area contributed by atoms with Crippen LogP contribution in [0.5, 0.6) is 11.5 Å². The highest BCUT2D eigenvalue weighted by molar-refractivity contribution is 6.33. The van der Waals surface area contributed by atoms with E-state index in [9.17, 15) is 5.11 Å². The van der Waals surface area contributed by atoms with E-state index in [1.165, 1.54) is 0 Å². The third-order valence-electron chi connectivity index (χ3n) is 5.94. The monoisotopic (exact) mass is 474 g/mol. The van der Waals surface area contributed by atoms with Crippen molar-refractivity contribution in [2.75, 3.05) is 19.6 Å². The molecule has 4 aromatic rings. The zero-order valence-corrected chi connectivity index (χ0v) is 20.0. The van der Waals surface area contributed by atoms with Crippen molar-refractivity contribution < 1.29 is 14.4 Å².